The molecule has 0 saturated carbocycles. The molecule has 2 aromatic carbocycles. The van der Waals surface area contributed by atoms with Crippen LogP contribution in [-0.4, -0.2) is 29.9 Å². The fourth-order valence-electron chi connectivity index (χ4n) is 3.44. The number of aryl methyl sites for hydroxylation is 1. The van der Waals surface area contributed by atoms with Crippen LogP contribution in [0, 0.1) is 0 Å². The Kier molecular flexibility index (Phi) is 5.26. The maximum atomic E-state index is 13.0. The molecule has 3 amide bonds. The van der Waals surface area contributed by atoms with Crippen LogP contribution in [0.4, 0.5) is 10.5 Å². The minimum atomic E-state index is -0.275. The molecule has 0 heterocycles. The summed E-state index contributed by atoms with van der Waals surface area (Å²) >= 11 is 0. The first-order valence-corrected chi connectivity index (χ1v) is 8.98. The third-order valence-electron chi connectivity index (χ3n) is 4.68. The van der Waals surface area contributed by atoms with Crippen LogP contribution in [0.15, 0.2) is 48.5 Å². The third kappa shape index (κ3) is 3.87. The number of nitrogens with one attached hydrogen (secondary N) is 2. The van der Waals surface area contributed by atoms with Crippen molar-refractivity contribution in [2.75, 3.05) is 12.4 Å². The predicted octanol–water partition coefficient (Wildman–Crippen LogP) is 3.98. The lowest BCUT2D eigenvalue weighted by atomic mass is 10.1. The molecule has 0 radical (unpaired) electrons. The van der Waals surface area contributed by atoms with Gasteiger partial charge in [-0.15, -0.1) is 0 Å². The summed E-state index contributed by atoms with van der Waals surface area (Å²) < 4.78 is 0. The van der Waals surface area contributed by atoms with Gasteiger partial charge in [-0.1, -0.05) is 30.3 Å². The molecule has 1 atom stereocenters. The second-order valence-electron chi connectivity index (χ2n) is 7.00. The summed E-state index contributed by atoms with van der Waals surface area (Å²) in [5, 5.41) is 5.54. The largest absolute Gasteiger partial charge is 0.336 e. The van der Waals surface area contributed by atoms with E-state index in [2.05, 4.69) is 22.8 Å². The van der Waals surface area contributed by atoms with Gasteiger partial charge in [0.2, 0.25) is 0 Å². The quantitative estimate of drug-likeness (QED) is 0.875. The van der Waals surface area contributed by atoms with Gasteiger partial charge in [-0.2, -0.15) is 0 Å². The van der Waals surface area contributed by atoms with Crippen LogP contribution in [0.2, 0.25) is 0 Å². The minimum Gasteiger partial charge on any atom is -0.336 e. The van der Waals surface area contributed by atoms with Crippen molar-refractivity contribution in [3.63, 3.8) is 0 Å². The van der Waals surface area contributed by atoms with Crippen LogP contribution >= 0.6 is 0 Å². The molecule has 2 aromatic rings. The molecule has 0 saturated heterocycles. The second kappa shape index (κ2) is 7.60. The molecule has 1 aliphatic carbocycles. The van der Waals surface area contributed by atoms with E-state index in [4.69, 9.17) is 0 Å². The lowest BCUT2D eigenvalue weighted by Gasteiger charge is -2.26. The number of carbonyl (C=O) groups excluding carboxylic acids is 2. The van der Waals surface area contributed by atoms with E-state index < -0.39 is 0 Å². The van der Waals surface area contributed by atoms with Gasteiger partial charge in [-0.25, -0.2) is 4.79 Å². The summed E-state index contributed by atoms with van der Waals surface area (Å²) in [5.41, 5.74) is 3.72. The smallest absolute Gasteiger partial charge is 0.319 e. The summed E-state index contributed by atoms with van der Waals surface area (Å²) in [6.07, 6.45) is 1.94. The number of carbonyl (C=O) groups is 2. The molecule has 1 unspecified atom stereocenters. The van der Waals surface area contributed by atoms with Crippen molar-refractivity contribution in [3.05, 3.63) is 65.2 Å². The maximum Gasteiger partial charge on any atom is 0.319 e. The van der Waals surface area contributed by atoms with Gasteiger partial charge >= 0.3 is 6.03 Å². The molecule has 26 heavy (non-hydrogen) atoms. The van der Waals surface area contributed by atoms with E-state index in [0.29, 0.717) is 11.3 Å². The molecule has 1 aliphatic rings. The van der Waals surface area contributed by atoms with Crippen molar-refractivity contribution < 1.29 is 9.59 Å². The number of hydrogen-bond donors (Lipinski definition) is 2. The Labute approximate surface area is 154 Å². The van der Waals surface area contributed by atoms with Crippen molar-refractivity contribution in [3.8, 4) is 0 Å². The molecule has 5 nitrogen and oxygen atoms in total. The van der Waals surface area contributed by atoms with Crippen molar-refractivity contribution in [1.29, 1.82) is 0 Å². The van der Waals surface area contributed by atoms with E-state index in [1.54, 1.807) is 29.2 Å². The van der Waals surface area contributed by atoms with Gasteiger partial charge in [0.05, 0.1) is 6.04 Å². The van der Waals surface area contributed by atoms with Crippen LogP contribution in [0.5, 0.6) is 0 Å². The Hall–Kier alpha value is -2.82. The average molecular weight is 351 g/mol. The highest BCUT2D eigenvalue weighted by Gasteiger charge is 2.28. The summed E-state index contributed by atoms with van der Waals surface area (Å²) in [6.45, 7) is 3.79. The van der Waals surface area contributed by atoms with E-state index in [1.807, 2.05) is 33.0 Å². The third-order valence-corrected chi connectivity index (χ3v) is 4.68. The molecule has 0 fully saturated rings. The van der Waals surface area contributed by atoms with Gasteiger partial charge in [-0.3, -0.25) is 4.79 Å². The van der Waals surface area contributed by atoms with Gasteiger partial charge in [0.25, 0.3) is 5.91 Å². The van der Waals surface area contributed by atoms with Gasteiger partial charge in [0.1, 0.15) is 0 Å². The zero-order valence-electron chi connectivity index (χ0n) is 15.5. The van der Waals surface area contributed by atoms with Crippen molar-refractivity contribution in [2.24, 2.45) is 0 Å². The first kappa shape index (κ1) is 18.0. The number of urea groups is 1. The molecule has 2 N–H and O–H groups in total. The topological polar surface area (TPSA) is 61.4 Å². The van der Waals surface area contributed by atoms with E-state index >= 15 is 0 Å². The standard InChI is InChI=1S/C21H25N3O2/c1-14(2)22-21(26)23-17-9-6-8-16(13-17)20(25)24(3)19-12-11-15-7-4-5-10-18(15)19/h4-10,13-14,19H,11-12H2,1-3H3,(H2,22,23,26). The lowest BCUT2D eigenvalue weighted by Crippen LogP contribution is -2.34. The molecular formula is C21H25N3O2. The highest BCUT2D eigenvalue weighted by Crippen LogP contribution is 2.35. The highest BCUT2D eigenvalue weighted by atomic mass is 16.2. The normalized spacial score (nSPS) is 15.5. The van der Waals surface area contributed by atoms with E-state index in [1.165, 1.54) is 11.1 Å². The first-order chi connectivity index (χ1) is 12.5. The monoisotopic (exact) mass is 351 g/mol. The zero-order chi connectivity index (χ0) is 18.7. The number of nitrogens with zero attached hydrogens (tertiary/aromatic N) is 1. The van der Waals surface area contributed by atoms with Gasteiger partial charge in [-0.05, 0) is 56.0 Å². The summed E-state index contributed by atoms with van der Waals surface area (Å²) in [4.78, 5) is 26.6. The summed E-state index contributed by atoms with van der Waals surface area (Å²) in [5.74, 6) is -0.0420. The predicted molar refractivity (Wildman–Crippen MR) is 103 cm³/mol. The SMILES string of the molecule is CC(C)NC(=O)Nc1cccc(C(=O)N(C)C2CCc3ccccc32)c1. The first-order valence-electron chi connectivity index (χ1n) is 8.98. The van der Waals surface area contributed by atoms with E-state index in [0.717, 1.165) is 12.8 Å². The summed E-state index contributed by atoms with van der Waals surface area (Å²) in [6, 6.07) is 15.2. The fraction of sp³-hybridized carbons (Fsp3) is 0.333. The molecule has 0 spiro atoms. The molecular weight excluding hydrogens is 326 g/mol. The van der Waals surface area contributed by atoms with Crippen molar-refractivity contribution in [1.82, 2.24) is 10.2 Å². The number of fused-ring (bicyclic) bond motifs is 1. The molecule has 0 aliphatic heterocycles. The van der Waals surface area contributed by atoms with E-state index in [-0.39, 0.29) is 24.0 Å². The molecule has 3 rings (SSSR count). The number of anilines is 1. The number of benzene rings is 2. The fourth-order valence-corrected chi connectivity index (χ4v) is 3.44. The van der Waals surface area contributed by atoms with Crippen molar-refractivity contribution in [2.45, 2.75) is 38.8 Å². The average Bonchev–Trinajstić information content (AvgIpc) is 3.04. The zero-order valence-corrected chi connectivity index (χ0v) is 15.5. The highest BCUT2D eigenvalue weighted by molar-refractivity contribution is 5.97. The Morgan fingerprint density at radius 3 is 2.65 bits per heavy atom. The summed E-state index contributed by atoms with van der Waals surface area (Å²) in [7, 11) is 1.85. The van der Waals surface area contributed by atoms with Crippen molar-refractivity contribution >= 4 is 17.6 Å². The lowest BCUT2D eigenvalue weighted by molar-refractivity contribution is 0.0730. The minimum absolute atomic E-state index is 0.0420. The number of hydrogen-bond acceptors (Lipinski definition) is 2. The molecule has 5 heteroatoms. The van der Waals surface area contributed by atoms with Crippen LogP contribution in [0.25, 0.3) is 0 Å². The maximum absolute atomic E-state index is 13.0. The van der Waals surface area contributed by atoms with Gasteiger partial charge < -0.3 is 15.5 Å². The number of rotatable bonds is 4. The van der Waals surface area contributed by atoms with Gasteiger partial charge in [0.15, 0.2) is 0 Å². The molecule has 0 bridgehead atoms. The molecule has 0 aromatic heterocycles. The van der Waals surface area contributed by atoms with Crippen LogP contribution in [0.3, 0.4) is 0 Å². The van der Waals surface area contributed by atoms with Crippen LogP contribution < -0.4 is 10.6 Å². The van der Waals surface area contributed by atoms with Gasteiger partial charge in [0, 0.05) is 24.3 Å². The Balaban J connectivity index is 1.74. The Morgan fingerprint density at radius 1 is 1.12 bits per heavy atom. The van der Waals surface area contributed by atoms with Crippen LogP contribution in [-0.2, 0) is 6.42 Å². The Morgan fingerprint density at radius 2 is 1.88 bits per heavy atom. The second-order valence-corrected chi connectivity index (χ2v) is 7.00. The molecule has 136 valence electrons. The van der Waals surface area contributed by atoms with Crippen LogP contribution in [0.1, 0.15) is 47.8 Å². The van der Waals surface area contributed by atoms with E-state index in [9.17, 15) is 9.59 Å². The Bertz CT molecular complexity index is 816. The number of amides is 3.